The molecule has 0 spiro atoms. The van der Waals surface area contributed by atoms with Gasteiger partial charge in [0.2, 0.25) is 12.3 Å². The second-order valence-corrected chi connectivity index (χ2v) is 5.70. The first-order valence-electron chi connectivity index (χ1n) is 8.16. The molecule has 0 aliphatic carbocycles. The van der Waals surface area contributed by atoms with E-state index in [2.05, 4.69) is 15.2 Å². The number of hydrogen-bond acceptors (Lipinski definition) is 7. The minimum Gasteiger partial charge on any atom is -0.423 e. The molecule has 0 radical (unpaired) electrons. The first-order chi connectivity index (χ1) is 12.8. The van der Waals surface area contributed by atoms with Crippen molar-refractivity contribution in [2.75, 3.05) is 26.3 Å². The summed E-state index contributed by atoms with van der Waals surface area (Å²) in [7, 11) is 0. The van der Waals surface area contributed by atoms with Crippen LogP contribution in [0.3, 0.4) is 0 Å². The van der Waals surface area contributed by atoms with Gasteiger partial charge in [0.1, 0.15) is 5.75 Å². The van der Waals surface area contributed by atoms with Crippen LogP contribution in [0.4, 0.5) is 4.79 Å². The zero-order valence-electron chi connectivity index (χ0n) is 13.9. The molecular formula is C18H16N4O4. The van der Waals surface area contributed by atoms with Crippen LogP contribution < -0.4 is 4.74 Å². The molecule has 26 heavy (non-hydrogen) atoms. The molecule has 0 bridgehead atoms. The normalized spacial score (nSPS) is 14.2. The fraction of sp³-hybridized carbons (Fsp3) is 0.222. The molecule has 3 heterocycles. The van der Waals surface area contributed by atoms with E-state index in [0.717, 1.165) is 16.7 Å². The van der Waals surface area contributed by atoms with E-state index < -0.39 is 0 Å². The van der Waals surface area contributed by atoms with Crippen LogP contribution in [0.5, 0.6) is 5.75 Å². The summed E-state index contributed by atoms with van der Waals surface area (Å²) in [5.41, 5.74) is 2.44. The predicted octanol–water partition coefficient (Wildman–Crippen LogP) is 2.63. The van der Waals surface area contributed by atoms with Gasteiger partial charge in [0.15, 0.2) is 0 Å². The molecule has 132 valence electrons. The number of ether oxygens (including phenoxy) is 2. The molecule has 4 rings (SSSR count). The summed E-state index contributed by atoms with van der Waals surface area (Å²) in [6.07, 6.45) is 4.28. The second-order valence-electron chi connectivity index (χ2n) is 5.70. The number of carbonyl (C=O) groups excluding carboxylic acids is 1. The zero-order valence-corrected chi connectivity index (χ0v) is 13.9. The van der Waals surface area contributed by atoms with Crippen LogP contribution in [0.2, 0.25) is 0 Å². The molecule has 0 atom stereocenters. The maximum absolute atomic E-state index is 12.2. The van der Waals surface area contributed by atoms with Crippen molar-refractivity contribution in [3.05, 3.63) is 49.1 Å². The number of carbonyl (C=O) groups is 1. The minimum atomic E-state index is -0.372. The lowest BCUT2D eigenvalue weighted by molar-refractivity contribution is 0.0416. The van der Waals surface area contributed by atoms with Crippen LogP contribution in [-0.4, -0.2) is 52.5 Å². The van der Waals surface area contributed by atoms with Gasteiger partial charge in [-0.3, -0.25) is 4.98 Å². The molecule has 3 aromatic rings. The minimum absolute atomic E-state index is 0.372. The van der Waals surface area contributed by atoms with E-state index in [-0.39, 0.29) is 6.09 Å². The Hall–Kier alpha value is -3.26. The smallest absolute Gasteiger partial charge is 0.415 e. The topological polar surface area (TPSA) is 90.6 Å². The van der Waals surface area contributed by atoms with Crippen molar-refractivity contribution in [1.29, 1.82) is 0 Å². The molecule has 0 N–H and O–H groups in total. The molecule has 1 aromatic carbocycles. The summed E-state index contributed by atoms with van der Waals surface area (Å²) in [4.78, 5) is 18.1. The van der Waals surface area contributed by atoms with Crippen LogP contribution in [-0.2, 0) is 4.74 Å². The van der Waals surface area contributed by atoms with Crippen LogP contribution in [0.25, 0.3) is 22.6 Å². The molecule has 1 aliphatic heterocycles. The number of rotatable bonds is 3. The highest BCUT2D eigenvalue weighted by Gasteiger charge is 2.19. The van der Waals surface area contributed by atoms with Crippen molar-refractivity contribution >= 4 is 6.09 Å². The van der Waals surface area contributed by atoms with Gasteiger partial charge in [0.25, 0.3) is 0 Å². The molecule has 8 heteroatoms. The van der Waals surface area contributed by atoms with E-state index >= 15 is 0 Å². The van der Waals surface area contributed by atoms with E-state index in [1.54, 1.807) is 29.4 Å². The average Bonchev–Trinajstić information content (AvgIpc) is 3.24. The largest absolute Gasteiger partial charge is 0.423 e. The van der Waals surface area contributed by atoms with Crippen molar-refractivity contribution < 1.29 is 18.7 Å². The van der Waals surface area contributed by atoms with E-state index in [9.17, 15) is 4.79 Å². The van der Waals surface area contributed by atoms with E-state index in [1.165, 1.54) is 6.39 Å². The van der Waals surface area contributed by atoms with Gasteiger partial charge in [0.05, 0.1) is 18.8 Å². The van der Waals surface area contributed by atoms with Gasteiger partial charge >= 0.3 is 6.09 Å². The molecule has 1 aliphatic rings. The highest BCUT2D eigenvalue weighted by atomic mass is 16.6. The SMILES string of the molecule is O=C(Oc1cccc(-c2cncc(-c3nnco3)c2)c1)N1CCOCC1. The maximum Gasteiger partial charge on any atom is 0.415 e. The number of hydrogen-bond donors (Lipinski definition) is 0. The highest BCUT2D eigenvalue weighted by Crippen LogP contribution is 2.27. The summed E-state index contributed by atoms with van der Waals surface area (Å²) in [6, 6.07) is 9.19. The van der Waals surface area contributed by atoms with Gasteiger partial charge in [-0.05, 0) is 23.8 Å². The highest BCUT2D eigenvalue weighted by molar-refractivity contribution is 5.73. The predicted molar refractivity (Wildman–Crippen MR) is 91.4 cm³/mol. The number of amides is 1. The third-order valence-corrected chi connectivity index (χ3v) is 3.99. The van der Waals surface area contributed by atoms with E-state index in [1.807, 2.05) is 18.2 Å². The number of aromatic nitrogens is 3. The summed E-state index contributed by atoms with van der Waals surface area (Å²) < 4.78 is 15.9. The van der Waals surface area contributed by atoms with Crippen molar-refractivity contribution in [2.24, 2.45) is 0 Å². The number of benzene rings is 1. The van der Waals surface area contributed by atoms with Crippen molar-refractivity contribution in [3.8, 4) is 28.3 Å². The standard InChI is InChI=1S/C18H16N4O4/c23-18(22-4-6-24-7-5-22)26-16-3-1-2-13(9-16)14-8-15(11-19-10-14)17-21-20-12-25-17/h1-3,8-12H,4-7H2. The number of nitrogens with zero attached hydrogens (tertiary/aromatic N) is 4. The Kier molecular flexibility index (Phi) is 4.57. The van der Waals surface area contributed by atoms with Gasteiger partial charge in [-0.15, -0.1) is 10.2 Å². The van der Waals surface area contributed by atoms with Crippen molar-refractivity contribution in [1.82, 2.24) is 20.1 Å². The molecular weight excluding hydrogens is 336 g/mol. The Morgan fingerprint density at radius 1 is 1.08 bits per heavy atom. The Labute approximate surface area is 149 Å². The number of morpholine rings is 1. The lowest BCUT2D eigenvalue weighted by Crippen LogP contribution is -2.42. The van der Waals surface area contributed by atoms with Gasteiger partial charge in [0, 0.05) is 31.0 Å². The molecule has 1 saturated heterocycles. The van der Waals surface area contributed by atoms with Crippen molar-refractivity contribution in [2.45, 2.75) is 0 Å². The average molecular weight is 352 g/mol. The van der Waals surface area contributed by atoms with Gasteiger partial charge in [-0.2, -0.15) is 0 Å². The van der Waals surface area contributed by atoms with Crippen molar-refractivity contribution in [3.63, 3.8) is 0 Å². The Balaban J connectivity index is 1.54. The van der Waals surface area contributed by atoms with Crippen LogP contribution in [0.15, 0.2) is 53.5 Å². The Morgan fingerprint density at radius 3 is 2.73 bits per heavy atom. The van der Waals surface area contributed by atoms with E-state index in [4.69, 9.17) is 13.9 Å². The number of pyridine rings is 1. The molecule has 8 nitrogen and oxygen atoms in total. The van der Waals surface area contributed by atoms with Gasteiger partial charge < -0.3 is 18.8 Å². The summed E-state index contributed by atoms with van der Waals surface area (Å²) >= 11 is 0. The van der Waals surface area contributed by atoms with Gasteiger partial charge in [-0.25, -0.2) is 4.79 Å². The summed E-state index contributed by atoms with van der Waals surface area (Å²) in [5.74, 6) is 0.872. The van der Waals surface area contributed by atoms with Gasteiger partial charge in [-0.1, -0.05) is 12.1 Å². The molecule has 0 saturated carbocycles. The maximum atomic E-state index is 12.2. The first-order valence-corrected chi connectivity index (χ1v) is 8.16. The fourth-order valence-electron chi connectivity index (χ4n) is 2.66. The second kappa shape index (κ2) is 7.32. The quantitative estimate of drug-likeness (QED) is 0.715. The van der Waals surface area contributed by atoms with Crippen LogP contribution in [0.1, 0.15) is 0 Å². The Morgan fingerprint density at radius 2 is 1.92 bits per heavy atom. The molecule has 2 aromatic heterocycles. The molecule has 1 fully saturated rings. The molecule has 0 unspecified atom stereocenters. The summed E-state index contributed by atoms with van der Waals surface area (Å²) in [5, 5.41) is 7.56. The van der Waals surface area contributed by atoms with E-state index in [0.29, 0.717) is 37.9 Å². The summed E-state index contributed by atoms with van der Waals surface area (Å²) in [6.45, 7) is 2.13. The fourth-order valence-corrected chi connectivity index (χ4v) is 2.66. The van der Waals surface area contributed by atoms with Crippen LogP contribution in [0, 0.1) is 0 Å². The third kappa shape index (κ3) is 3.55. The lowest BCUT2D eigenvalue weighted by atomic mass is 10.1. The lowest BCUT2D eigenvalue weighted by Gasteiger charge is -2.25. The Bertz CT molecular complexity index is 892. The monoisotopic (exact) mass is 352 g/mol. The zero-order chi connectivity index (χ0) is 17.8. The third-order valence-electron chi connectivity index (χ3n) is 3.99. The first kappa shape index (κ1) is 16.2. The molecule has 1 amide bonds. The van der Waals surface area contributed by atoms with Crippen LogP contribution >= 0.6 is 0 Å².